The van der Waals surface area contributed by atoms with Crippen LogP contribution in [0.1, 0.15) is 51.9 Å². The summed E-state index contributed by atoms with van der Waals surface area (Å²) in [5.41, 5.74) is 0. The first-order valence-corrected chi connectivity index (χ1v) is 10.4. The van der Waals surface area contributed by atoms with E-state index in [2.05, 4.69) is 5.32 Å². The molecule has 0 aromatic heterocycles. The largest absolute Gasteiger partial charge is 0.361 e. The molecule has 6 heteroatoms. The van der Waals surface area contributed by atoms with Gasteiger partial charge >= 0.3 is 6.03 Å². The fourth-order valence-corrected chi connectivity index (χ4v) is 5.12. The van der Waals surface area contributed by atoms with Crippen molar-refractivity contribution in [1.29, 1.82) is 0 Å². The minimum absolute atomic E-state index is 0.219. The topological polar surface area (TPSA) is 58.6 Å². The van der Waals surface area contributed by atoms with Gasteiger partial charge in [-0.05, 0) is 37.3 Å². The number of thioether (sulfide) groups is 1. The first kappa shape index (κ1) is 19.2. The molecule has 1 N–H and O–H groups in total. The molecule has 0 bridgehead atoms. The van der Waals surface area contributed by atoms with Crippen molar-refractivity contribution in [1.82, 2.24) is 10.2 Å². The highest BCUT2D eigenvalue weighted by molar-refractivity contribution is 8.00. The van der Waals surface area contributed by atoms with Crippen molar-refractivity contribution in [2.24, 2.45) is 5.92 Å². The Balaban J connectivity index is 1.70. The van der Waals surface area contributed by atoms with E-state index >= 15 is 0 Å². The number of hydrogen-bond donors (Lipinski definition) is 1. The zero-order chi connectivity index (χ0) is 18.4. The van der Waals surface area contributed by atoms with E-state index in [9.17, 15) is 9.59 Å². The number of carbonyl (C=O) groups is 2. The van der Waals surface area contributed by atoms with E-state index in [0.717, 1.165) is 4.90 Å². The summed E-state index contributed by atoms with van der Waals surface area (Å²) in [7, 11) is 0. The monoisotopic (exact) mass is 376 g/mol. The molecule has 3 rings (SSSR count). The number of nitrogens with one attached hydrogen (secondary N) is 1. The molecule has 1 heterocycles. The van der Waals surface area contributed by atoms with Crippen LogP contribution >= 0.6 is 11.8 Å². The summed E-state index contributed by atoms with van der Waals surface area (Å²) in [6.45, 7) is 2.94. The molecule has 0 spiro atoms. The molecule has 1 aromatic rings. The van der Waals surface area contributed by atoms with Gasteiger partial charge in [-0.15, -0.1) is 0 Å². The zero-order valence-corrected chi connectivity index (χ0v) is 16.2. The highest BCUT2D eigenvalue weighted by atomic mass is 32.2. The maximum atomic E-state index is 12.6. The number of rotatable bonds is 7. The van der Waals surface area contributed by atoms with Crippen molar-refractivity contribution in [3.8, 4) is 0 Å². The summed E-state index contributed by atoms with van der Waals surface area (Å²) in [5.74, 6) is 0.375. The molecule has 1 atom stereocenters. The summed E-state index contributed by atoms with van der Waals surface area (Å²) in [6.07, 6.45) is 7.25. The van der Waals surface area contributed by atoms with Crippen LogP contribution in [0.2, 0.25) is 0 Å². The predicted octanol–water partition coefficient (Wildman–Crippen LogP) is 4.38. The quantitative estimate of drug-likeness (QED) is 0.767. The van der Waals surface area contributed by atoms with Gasteiger partial charge in [-0.1, -0.05) is 56.1 Å². The predicted molar refractivity (Wildman–Crippen MR) is 103 cm³/mol. The standard InChI is InChI=1S/C20H28N2O3S/c1-2-20(26-17-11-7-4-8-12-17)13-18(23)21-19(24)22(20)15-25-14-16-9-5-3-6-10-16/h4,7-8,11-12,16H,2-3,5-6,9-10,13-15H2,1H3,(H,21,23,24). The fourth-order valence-electron chi connectivity index (χ4n) is 3.79. The molecular weight excluding hydrogens is 348 g/mol. The van der Waals surface area contributed by atoms with E-state index < -0.39 is 4.87 Å². The molecule has 1 aliphatic heterocycles. The Labute approximate surface area is 159 Å². The Hall–Kier alpha value is -1.53. The van der Waals surface area contributed by atoms with Gasteiger partial charge in [-0.2, -0.15) is 0 Å². The van der Waals surface area contributed by atoms with Gasteiger partial charge in [0.2, 0.25) is 5.91 Å². The van der Waals surface area contributed by atoms with Crippen LogP contribution in [-0.2, 0) is 9.53 Å². The zero-order valence-electron chi connectivity index (χ0n) is 15.4. The third-order valence-corrected chi connectivity index (χ3v) is 6.86. The van der Waals surface area contributed by atoms with Crippen LogP contribution in [0.15, 0.2) is 35.2 Å². The summed E-state index contributed by atoms with van der Waals surface area (Å²) >= 11 is 1.58. The molecule has 1 saturated carbocycles. The first-order chi connectivity index (χ1) is 12.6. The van der Waals surface area contributed by atoms with Gasteiger partial charge in [0.05, 0.1) is 13.0 Å². The van der Waals surface area contributed by atoms with E-state index in [1.807, 2.05) is 37.3 Å². The Bertz CT molecular complexity index is 619. The molecule has 26 heavy (non-hydrogen) atoms. The summed E-state index contributed by atoms with van der Waals surface area (Å²) in [4.78, 5) is 26.8. The van der Waals surface area contributed by atoms with Crippen LogP contribution < -0.4 is 5.32 Å². The summed E-state index contributed by atoms with van der Waals surface area (Å²) in [5, 5.41) is 2.45. The Morgan fingerprint density at radius 1 is 1.19 bits per heavy atom. The van der Waals surface area contributed by atoms with Crippen LogP contribution in [0.25, 0.3) is 0 Å². The third kappa shape index (κ3) is 4.60. The van der Waals surface area contributed by atoms with Crippen molar-refractivity contribution in [2.75, 3.05) is 13.3 Å². The third-order valence-electron chi connectivity index (χ3n) is 5.32. The molecule has 1 saturated heterocycles. The Morgan fingerprint density at radius 2 is 1.92 bits per heavy atom. The number of carbonyl (C=O) groups excluding carboxylic acids is 2. The van der Waals surface area contributed by atoms with E-state index in [4.69, 9.17) is 4.74 Å². The van der Waals surface area contributed by atoms with Crippen molar-refractivity contribution in [2.45, 2.75) is 61.6 Å². The molecule has 1 aromatic carbocycles. The average molecular weight is 377 g/mol. The normalized spacial score (nSPS) is 24.6. The molecular formula is C20H28N2O3S. The molecule has 5 nitrogen and oxygen atoms in total. The number of benzene rings is 1. The second-order valence-electron chi connectivity index (χ2n) is 7.18. The second-order valence-corrected chi connectivity index (χ2v) is 8.61. The van der Waals surface area contributed by atoms with Crippen LogP contribution in [0.4, 0.5) is 4.79 Å². The molecule has 2 aliphatic rings. The number of hydrogen-bond acceptors (Lipinski definition) is 4. The lowest BCUT2D eigenvalue weighted by Gasteiger charge is -2.45. The minimum atomic E-state index is -0.604. The summed E-state index contributed by atoms with van der Waals surface area (Å²) < 4.78 is 5.95. The number of nitrogens with zero attached hydrogens (tertiary/aromatic N) is 1. The van der Waals surface area contributed by atoms with Gasteiger partial charge in [0.1, 0.15) is 11.6 Å². The molecule has 0 radical (unpaired) electrons. The Kier molecular flexibility index (Phi) is 6.59. The molecule has 2 fully saturated rings. The number of amides is 3. The Morgan fingerprint density at radius 3 is 2.62 bits per heavy atom. The van der Waals surface area contributed by atoms with Gasteiger partial charge in [-0.25, -0.2) is 4.79 Å². The smallest absolute Gasteiger partial charge is 0.327 e. The molecule has 3 amide bonds. The lowest BCUT2D eigenvalue weighted by Crippen LogP contribution is -2.61. The van der Waals surface area contributed by atoms with E-state index in [1.54, 1.807) is 16.7 Å². The van der Waals surface area contributed by atoms with Crippen molar-refractivity contribution in [3.63, 3.8) is 0 Å². The highest BCUT2D eigenvalue weighted by Crippen LogP contribution is 2.43. The van der Waals surface area contributed by atoms with Crippen LogP contribution in [0, 0.1) is 5.92 Å². The van der Waals surface area contributed by atoms with E-state index in [-0.39, 0.29) is 25.1 Å². The van der Waals surface area contributed by atoms with Crippen molar-refractivity contribution in [3.05, 3.63) is 30.3 Å². The van der Waals surface area contributed by atoms with Crippen LogP contribution in [-0.4, -0.2) is 35.0 Å². The van der Waals surface area contributed by atoms with E-state index in [1.165, 1.54) is 32.1 Å². The van der Waals surface area contributed by atoms with Crippen LogP contribution in [0.3, 0.4) is 0 Å². The van der Waals surface area contributed by atoms with Crippen molar-refractivity contribution < 1.29 is 14.3 Å². The van der Waals surface area contributed by atoms with Gasteiger partial charge in [-0.3, -0.25) is 15.0 Å². The lowest BCUT2D eigenvalue weighted by atomic mass is 9.90. The van der Waals surface area contributed by atoms with Gasteiger partial charge < -0.3 is 4.74 Å². The van der Waals surface area contributed by atoms with Crippen LogP contribution in [0.5, 0.6) is 0 Å². The molecule has 1 unspecified atom stereocenters. The van der Waals surface area contributed by atoms with Crippen molar-refractivity contribution >= 4 is 23.7 Å². The fraction of sp³-hybridized carbons (Fsp3) is 0.600. The maximum absolute atomic E-state index is 12.6. The number of ether oxygens (including phenoxy) is 1. The van der Waals surface area contributed by atoms with Gasteiger partial charge in [0, 0.05) is 4.90 Å². The lowest BCUT2D eigenvalue weighted by molar-refractivity contribution is -0.124. The maximum Gasteiger partial charge on any atom is 0.327 e. The van der Waals surface area contributed by atoms with Gasteiger partial charge in [0.25, 0.3) is 0 Å². The molecule has 1 aliphatic carbocycles. The summed E-state index contributed by atoms with van der Waals surface area (Å²) in [6, 6.07) is 9.59. The number of urea groups is 1. The first-order valence-electron chi connectivity index (χ1n) is 9.56. The van der Waals surface area contributed by atoms with Gasteiger partial charge in [0.15, 0.2) is 0 Å². The molecule has 142 valence electrons. The average Bonchev–Trinajstić information content (AvgIpc) is 2.65. The minimum Gasteiger partial charge on any atom is -0.361 e. The highest BCUT2D eigenvalue weighted by Gasteiger charge is 2.45. The SMILES string of the molecule is CCC1(Sc2ccccc2)CC(=O)NC(=O)N1COCC1CCCCC1. The van der Waals surface area contributed by atoms with E-state index in [0.29, 0.717) is 18.9 Å². The second kappa shape index (κ2) is 8.91. The number of imide groups is 1.